The van der Waals surface area contributed by atoms with Gasteiger partial charge in [-0.05, 0) is 82.3 Å². The molecule has 4 bridgehead atoms. The van der Waals surface area contributed by atoms with Crippen LogP contribution in [0.5, 0.6) is 0 Å². The molecule has 162 valence electrons. The van der Waals surface area contributed by atoms with Gasteiger partial charge in [0.25, 0.3) is 11.6 Å². The Labute approximate surface area is 177 Å². The van der Waals surface area contributed by atoms with Crippen molar-refractivity contribution in [2.45, 2.75) is 58.4 Å². The van der Waals surface area contributed by atoms with E-state index in [-0.39, 0.29) is 22.9 Å². The van der Waals surface area contributed by atoms with Crippen molar-refractivity contribution in [1.29, 1.82) is 0 Å². The smallest absolute Gasteiger partial charge is 0.269 e. The number of nitro benzene ring substituents is 1. The van der Waals surface area contributed by atoms with Crippen molar-refractivity contribution in [1.82, 2.24) is 10.2 Å². The summed E-state index contributed by atoms with van der Waals surface area (Å²) < 4.78 is 0. The zero-order valence-corrected chi connectivity index (χ0v) is 17.8. The fourth-order valence-corrected chi connectivity index (χ4v) is 6.67. The Hall–Kier alpha value is -2.44. The third-order valence-corrected chi connectivity index (χ3v) is 7.64. The molecule has 4 aliphatic carbocycles. The molecule has 7 heteroatoms. The molecule has 1 unspecified atom stereocenters. The first-order chi connectivity index (χ1) is 14.3. The quantitative estimate of drug-likeness (QED) is 0.544. The first kappa shape index (κ1) is 20.8. The van der Waals surface area contributed by atoms with Crippen molar-refractivity contribution >= 4 is 17.5 Å². The highest BCUT2D eigenvalue weighted by Crippen LogP contribution is 2.61. The Morgan fingerprint density at radius 3 is 2.00 bits per heavy atom. The number of rotatable bonds is 7. The number of nitro groups is 1. The summed E-state index contributed by atoms with van der Waals surface area (Å²) in [6, 6.07) is 5.06. The van der Waals surface area contributed by atoms with Crippen molar-refractivity contribution in [2.24, 2.45) is 23.2 Å². The van der Waals surface area contributed by atoms with Crippen LogP contribution in [0.15, 0.2) is 24.3 Å². The lowest BCUT2D eigenvalue weighted by atomic mass is 9.47. The number of likely N-dealkylation sites (N-methyl/N-ethyl adjacent to an activating group) is 1. The standard InChI is InChI=1S/C23H31N3O4/c1-3-25(4-2)22(28)20(23-12-15-9-16(13-23)11-17(10-15)14-23)24-21(27)18-5-7-19(8-6-18)26(29)30/h5-8,15-17,20H,3-4,9-14H2,1-2H3,(H,24,27). The summed E-state index contributed by atoms with van der Waals surface area (Å²) >= 11 is 0. The van der Waals surface area contributed by atoms with Crippen LogP contribution in [0.1, 0.15) is 62.7 Å². The minimum Gasteiger partial charge on any atom is -0.341 e. The maximum atomic E-state index is 13.6. The number of carbonyl (C=O) groups excluding carboxylic acids is 2. The van der Waals surface area contributed by atoms with Crippen LogP contribution in [0.2, 0.25) is 0 Å². The second-order valence-corrected chi connectivity index (χ2v) is 9.50. The van der Waals surface area contributed by atoms with Crippen LogP contribution in [-0.4, -0.2) is 40.8 Å². The third kappa shape index (κ3) is 3.70. The predicted octanol–water partition coefficient (Wildman–Crippen LogP) is 3.78. The molecule has 0 heterocycles. The Kier molecular flexibility index (Phi) is 5.55. The van der Waals surface area contributed by atoms with Gasteiger partial charge >= 0.3 is 0 Å². The van der Waals surface area contributed by atoms with Crippen LogP contribution in [0, 0.1) is 33.3 Å². The van der Waals surface area contributed by atoms with Gasteiger partial charge in [0.2, 0.25) is 5.91 Å². The van der Waals surface area contributed by atoms with Crippen molar-refractivity contribution in [3.63, 3.8) is 0 Å². The number of non-ortho nitro benzene ring substituents is 1. The lowest BCUT2D eigenvalue weighted by molar-refractivity contribution is -0.384. The summed E-state index contributed by atoms with van der Waals surface area (Å²) in [4.78, 5) is 38.9. The van der Waals surface area contributed by atoms with Crippen LogP contribution < -0.4 is 5.32 Å². The van der Waals surface area contributed by atoms with E-state index in [9.17, 15) is 19.7 Å². The van der Waals surface area contributed by atoms with Crippen LogP contribution in [0.4, 0.5) is 5.69 Å². The van der Waals surface area contributed by atoms with E-state index in [1.807, 2.05) is 18.7 Å². The molecule has 0 aliphatic heterocycles. The predicted molar refractivity (Wildman–Crippen MR) is 113 cm³/mol. The Bertz CT molecular complexity index is 796. The van der Waals surface area contributed by atoms with E-state index >= 15 is 0 Å². The molecule has 1 aromatic carbocycles. The van der Waals surface area contributed by atoms with Gasteiger partial charge in [-0.15, -0.1) is 0 Å². The average Bonchev–Trinajstić information content (AvgIpc) is 2.71. The number of amides is 2. The molecule has 4 saturated carbocycles. The number of nitrogens with one attached hydrogen (secondary N) is 1. The molecule has 1 aromatic rings. The zero-order chi connectivity index (χ0) is 21.5. The summed E-state index contributed by atoms with van der Waals surface area (Å²) in [5, 5.41) is 14.0. The second-order valence-electron chi connectivity index (χ2n) is 9.50. The molecule has 1 N–H and O–H groups in total. The van der Waals surface area contributed by atoms with Gasteiger partial charge in [-0.3, -0.25) is 19.7 Å². The van der Waals surface area contributed by atoms with E-state index in [0.29, 0.717) is 36.4 Å². The first-order valence-electron chi connectivity index (χ1n) is 11.2. The van der Waals surface area contributed by atoms with Gasteiger partial charge in [-0.25, -0.2) is 0 Å². The van der Waals surface area contributed by atoms with Gasteiger partial charge in [0, 0.05) is 36.2 Å². The van der Waals surface area contributed by atoms with Crippen molar-refractivity contribution in [2.75, 3.05) is 13.1 Å². The monoisotopic (exact) mass is 413 g/mol. The first-order valence-corrected chi connectivity index (χ1v) is 11.2. The molecule has 5 rings (SSSR count). The third-order valence-electron chi connectivity index (χ3n) is 7.64. The van der Waals surface area contributed by atoms with Gasteiger partial charge in [-0.2, -0.15) is 0 Å². The molecule has 7 nitrogen and oxygen atoms in total. The van der Waals surface area contributed by atoms with Crippen molar-refractivity contribution in [3.8, 4) is 0 Å². The zero-order valence-electron chi connectivity index (χ0n) is 17.8. The molecule has 0 aromatic heterocycles. The number of benzene rings is 1. The highest BCUT2D eigenvalue weighted by atomic mass is 16.6. The fourth-order valence-electron chi connectivity index (χ4n) is 6.67. The average molecular weight is 414 g/mol. The van der Waals surface area contributed by atoms with Crippen LogP contribution in [0.3, 0.4) is 0 Å². The van der Waals surface area contributed by atoms with E-state index < -0.39 is 11.0 Å². The number of nitrogens with zero attached hydrogens (tertiary/aromatic N) is 2. The molecule has 0 radical (unpaired) electrons. The van der Waals surface area contributed by atoms with Crippen LogP contribution >= 0.6 is 0 Å². The fraction of sp³-hybridized carbons (Fsp3) is 0.652. The largest absolute Gasteiger partial charge is 0.341 e. The molecule has 1 atom stereocenters. The van der Waals surface area contributed by atoms with Crippen LogP contribution in [-0.2, 0) is 4.79 Å². The molecular weight excluding hydrogens is 382 g/mol. The van der Waals surface area contributed by atoms with Gasteiger partial charge in [-0.1, -0.05) is 0 Å². The Morgan fingerprint density at radius 2 is 1.57 bits per heavy atom. The van der Waals surface area contributed by atoms with Gasteiger partial charge in [0.1, 0.15) is 6.04 Å². The minimum atomic E-state index is -0.534. The van der Waals surface area contributed by atoms with Gasteiger partial charge < -0.3 is 10.2 Å². The molecule has 4 fully saturated rings. The Morgan fingerprint density at radius 1 is 1.07 bits per heavy atom. The second kappa shape index (κ2) is 8.00. The molecule has 0 saturated heterocycles. The summed E-state index contributed by atoms with van der Waals surface area (Å²) in [6.45, 7) is 5.17. The molecule has 2 amide bonds. The lowest BCUT2D eigenvalue weighted by Gasteiger charge is -2.59. The number of hydrogen-bond donors (Lipinski definition) is 1. The SMILES string of the molecule is CCN(CC)C(=O)C(NC(=O)c1ccc([N+](=O)[O-])cc1)C12CC3CC(CC(C3)C1)C2. The molecule has 30 heavy (non-hydrogen) atoms. The van der Waals surface area contributed by atoms with E-state index in [0.717, 1.165) is 19.3 Å². The van der Waals surface area contributed by atoms with Gasteiger partial charge in [0.05, 0.1) is 4.92 Å². The van der Waals surface area contributed by atoms with E-state index in [1.54, 1.807) is 0 Å². The van der Waals surface area contributed by atoms with E-state index in [2.05, 4.69) is 5.32 Å². The summed E-state index contributed by atoms with van der Waals surface area (Å²) in [6.07, 6.45) is 6.83. The summed E-state index contributed by atoms with van der Waals surface area (Å²) in [7, 11) is 0. The van der Waals surface area contributed by atoms with Crippen LogP contribution in [0.25, 0.3) is 0 Å². The Balaban J connectivity index is 1.62. The number of hydrogen-bond acceptors (Lipinski definition) is 4. The summed E-state index contributed by atoms with van der Waals surface area (Å²) in [5.74, 6) is 1.68. The normalized spacial score (nSPS) is 30.0. The van der Waals surface area contributed by atoms with E-state index in [4.69, 9.17) is 0 Å². The molecular formula is C23H31N3O4. The van der Waals surface area contributed by atoms with Gasteiger partial charge in [0.15, 0.2) is 0 Å². The maximum absolute atomic E-state index is 13.6. The van der Waals surface area contributed by atoms with Crippen molar-refractivity contribution in [3.05, 3.63) is 39.9 Å². The number of carbonyl (C=O) groups is 2. The lowest BCUT2D eigenvalue weighted by Crippen LogP contribution is -2.62. The molecule has 4 aliphatic rings. The summed E-state index contributed by atoms with van der Waals surface area (Å²) in [5.41, 5.74) is 0.135. The minimum absolute atomic E-state index is 0.0113. The highest BCUT2D eigenvalue weighted by molar-refractivity contribution is 5.98. The van der Waals surface area contributed by atoms with E-state index in [1.165, 1.54) is 43.5 Å². The van der Waals surface area contributed by atoms with Crippen molar-refractivity contribution < 1.29 is 14.5 Å². The maximum Gasteiger partial charge on any atom is 0.269 e. The molecule has 0 spiro atoms. The highest BCUT2D eigenvalue weighted by Gasteiger charge is 2.56. The topological polar surface area (TPSA) is 92.6 Å².